The molecule has 0 saturated heterocycles. The number of amidine groups is 1. The van der Waals surface area contributed by atoms with Crippen LogP contribution in [0.4, 0.5) is 0 Å². The number of carbonyl (C=O) groups is 1. The molecule has 0 bridgehead atoms. The number of benzene rings is 2. The number of thiophene rings is 1. The number of carbonyl (C=O) groups excluding carboxylic acids is 1. The van der Waals surface area contributed by atoms with Crippen LogP contribution in [0.1, 0.15) is 83.4 Å². The Hall–Kier alpha value is -2.97. The van der Waals surface area contributed by atoms with Crippen LogP contribution in [-0.4, -0.2) is 18.3 Å². The number of nitrogens with one attached hydrogen (secondary N) is 2. The molecular formula is C30H39N5OS2. The first-order chi connectivity index (χ1) is 18.1. The second-order valence-electron chi connectivity index (χ2n) is 10.5. The minimum Gasteiger partial charge on any atom is -0.344 e. The highest BCUT2D eigenvalue weighted by molar-refractivity contribution is 7.99. The van der Waals surface area contributed by atoms with Crippen molar-refractivity contribution in [3.63, 3.8) is 0 Å². The van der Waals surface area contributed by atoms with Gasteiger partial charge in [0, 0.05) is 15.0 Å². The van der Waals surface area contributed by atoms with Crippen molar-refractivity contribution < 1.29 is 4.79 Å². The monoisotopic (exact) mass is 549 g/mol. The van der Waals surface area contributed by atoms with Crippen molar-refractivity contribution in [3.05, 3.63) is 75.0 Å². The Morgan fingerprint density at radius 3 is 2.32 bits per heavy atom. The van der Waals surface area contributed by atoms with Crippen LogP contribution in [0.15, 0.2) is 63.6 Å². The Labute approximate surface area is 235 Å². The highest BCUT2D eigenvalue weighted by atomic mass is 32.2. The van der Waals surface area contributed by atoms with Gasteiger partial charge < -0.3 is 11.2 Å². The van der Waals surface area contributed by atoms with Gasteiger partial charge in [-0.1, -0.05) is 64.8 Å². The summed E-state index contributed by atoms with van der Waals surface area (Å²) in [5.74, 6) is 5.04. The zero-order chi connectivity index (χ0) is 27.9. The molecule has 1 heterocycles. The average Bonchev–Trinajstić information content (AvgIpc) is 3.37. The number of rotatable bonds is 10. The molecule has 202 valence electrons. The lowest BCUT2D eigenvalue weighted by Gasteiger charge is -2.20. The summed E-state index contributed by atoms with van der Waals surface area (Å²) in [6, 6.07) is 17.5. The topological polar surface area (TPSA) is 104 Å². The number of amides is 1. The van der Waals surface area contributed by atoms with Crippen LogP contribution in [0, 0.1) is 19.4 Å². The smallest absolute Gasteiger partial charge is 0.261 e. The van der Waals surface area contributed by atoms with Crippen molar-refractivity contribution in [3.8, 4) is 11.1 Å². The maximum absolute atomic E-state index is 12.6. The van der Waals surface area contributed by atoms with E-state index < -0.39 is 0 Å². The first-order valence-electron chi connectivity index (χ1n) is 13.0. The SMILES string of the molecule is CCCCC(Sc1cc(C)c(-c2ccc(C(C)(C)C)cc2)c(C)c1)c1ccc(C(=O)NC/C(N=N)=N/N)s1. The molecule has 4 N–H and O–H groups in total. The minimum absolute atomic E-state index is 0.0317. The number of nitrogens with zero attached hydrogens (tertiary/aromatic N) is 2. The van der Waals surface area contributed by atoms with Gasteiger partial charge in [0.15, 0.2) is 5.84 Å². The van der Waals surface area contributed by atoms with Crippen molar-refractivity contribution in [1.82, 2.24) is 5.32 Å². The van der Waals surface area contributed by atoms with Gasteiger partial charge >= 0.3 is 0 Å². The summed E-state index contributed by atoms with van der Waals surface area (Å²) in [5.41, 5.74) is 13.6. The summed E-state index contributed by atoms with van der Waals surface area (Å²) in [6.07, 6.45) is 3.28. The third-order valence-electron chi connectivity index (χ3n) is 6.50. The molecule has 6 nitrogen and oxygen atoms in total. The Kier molecular flexibility index (Phi) is 10.3. The van der Waals surface area contributed by atoms with Gasteiger partial charge in [-0.3, -0.25) is 4.79 Å². The molecule has 0 saturated carbocycles. The molecule has 1 unspecified atom stereocenters. The lowest BCUT2D eigenvalue weighted by atomic mass is 9.85. The Bertz CT molecular complexity index is 1270. The molecule has 0 radical (unpaired) electrons. The zero-order valence-corrected chi connectivity index (χ0v) is 24.9. The van der Waals surface area contributed by atoms with Crippen molar-refractivity contribution in [2.75, 3.05) is 6.54 Å². The summed E-state index contributed by atoms with van der Waals surface area (Å²) in [6.45, 7) is 13.3. The fourth-order valence-electron chi connectivity index (χ4n) is 4.41. The lowest BCUT2D eigenvalue weighted by Crippen LogP contribution is -2.28. The quantitative estimate of drug-likeness (QED) is 0.0590. The van der Waals surface area contributed by atoms with E-state index in [-0.39, 0.29) is 29.0 Å². The molecule has 0 fully saturated rings. The van der Waals surface area contributed by atoms with E-state index in [0.717, 1.165) is 19.3 Å². The summed E-state index contributed by atoms with van der Waals surface area (Å²) in [4.78, 5) is 15.7. The van der Waals surface area contributed by atoms with E-state index in [2.05, 4.69) is 99.5 Å². The normalized spacial score (nSPS) is 12.8. The van der Waals surface area contributed by atoms with E-state index in [4.69, 9.17) is 11.4 Å². The van der Waals surface area contributed by atoms with Gasteiger partial charge in [-0.2, -0.15) is 5.10 Å². The number of aryl methyl sites for hydroxylation is 2. The van der Waals surface area contributed by atoms with Gasteiger partial charge in [0.2, 0.25) is 0 Å². The third-order valence-corrected chi connectivity index (χ3v) is 9.13. The van der Waals surface area contributed by atoms with Crippen LogP contribution >= 0.6 is 23.1 Å². The van der Waals surface area contributed by atoms with Crippen LogP contribution in [0.2, 0.25) is 0 Å². The molecule has 1 amide bonds. The van der Waals surface area contributed by atoms with Gasteiger partial charge in [-0.05, 0) is 77.8 Å². The zero-order valence-electron chi connectivity index (χ0n) is 23.2. The fourth-order valence-corrected chi connectivity index (χ4v) is 6.93. The van der Waals surface area contributed by atoms with Gasteiger partial charge in [0.1, 0.15) is 0 Å². The second-order valence-corrected chi connectivity index (χ2v) is 12.9. The van der Waals surface area contributed by atoms with Crippen LogP contribution in [0.3, 0.4) is 0 Å². The van der Waals surface area contributed by atoms with Crippen LogP contribution in [0.5, 0.6) is 0 Å². The molecule has 1 aromatic heterocycles. The van der Waals surface area contributed by atoms with Crippen molar-refractivity contribution in [2.45, 2.75) is 76.4 Å². The third kappa shape index (κ3) is 7.54. The second kappa shape index (κ2) is 13.2. The van der Waals surface area contributed by atoms with Crippen molar-refractivity contribution >= 4 is 34.8 Å². The molecule has 1 atom stereocenters. The van der Waals surface area contributed by atoms with Crippen LogP contribution < -0.4 is 11.2 Å². The lowest BCUT2D eigenvalue weighted by molar-refractivity contribution is 0.0963. The molecule has 3 aromatic rings. The predicted octanol–water partition coefficient (Wildman–Crippen LogP) is 8.39. The molecule has 8 heteroatoms. The molecule has 0 spiro atoms. The Morgan fingerprint density at radius 1 is 1.11 bits per heavy atom. The number of unbranched alkanes of at least 4 members (excludes halogenated alkanes) is 1. The van der Waals surface area contributed by atoms with Gasteiger partial charge in [-0.25, -0.2) is 5.53 Å². The van der Waals surface area contributed by atoms with Crippen LogP contribution in [-0.2, 0) is 5.41 Å². The highest BCUT2D eigenvalue weighted by Gasteiger charge is 2.20. The number of hydrogen-bond acceptors (Lipinski definition) is 6. The highest BCUT2D eigenvalue weighted by Crippen LogP contribution is 2.43. The molecule has 0 aliphatic heterocycles. The van der Waals surface area contributed by atoms with Crippen molar-refractivity contribution in [1.29, 1.82) is 5.53 Å². The first-order valence-corrected chi connectivity index (χ1v) is 14.7. The molecule has 2 aromatic carbocycles. The standard InChI is InChI=1S/C30H39N5OS2/c1-7-8-9-24(25-14-15-26(38-25)29(36)33-18-27(34-31)35-32)37-23-16-19(2)28(20(3)17-23)21-10-12-22(13-11-21)30(4,5)6/h10-17,24,31H,7-9,18,32H2,1-6H3,(H,33,36)/b34-31?,35-27-. The van der Waals surface area contributed by atoms with E-state index in [0.29, 0.717) is 4.88 Å². The molecule has 0 aliphatic carbocycles. The number of thioether (sulfide) groups is 1. The maximum atomic E-state index is 12.6. The van der Waals surface area contributed by atoms with E-state index in [9.17, 15) is 4.79 Å². The summed E-state index contributed by atoms with van der Waals surface area (Å²) in [7, 11) is 0. The summed E-state index contributed by atoms with van der Waals surface area (Å²) >= 11 is 3.39. The Balaban J connectivity index is 1.81. The van der Waals surface area contributed by atoms with Gasteiger partial charge in [0.05, 0.1) is 11.4 Å². The summed E-state index contributed by atoms with van der Waals surface area (Å²) in [5, 5.41) is 9.59. The predicted molar refractivity (Wildman–Crippen MR) is 162 cm³/mol. The summed E-state index contributed by atoms with van der Waals surface area (Å²) < 4.78 is 0. The largest absolute Gasteiger partial charge is 0.344 e. The maximum Gasteiger partial charge on any atom is 0.261 e. The average molecular weight is 550 g/mol. The number of hydrogen-bond donors (Lipinski definition) is 3. The van der Waals surface area contributed by atoms with E-state index >= 15 is 0 Å². The Morgan fingerprint density at radius 2 is 1.76 bits per heavy atom. The van der Waals surface area contributed by atoms with Gasteiger partial charge in [0.25, 0.3) is 5.91 Å². The molecular weight excluding hydrogens is 510 g/mol. The first kappa shape index (κ1) is 29.6. The van der Waals surface area contributed by atoms with E-state index in [1.54, 1.807) is 0 Å². The van der Waals surface area contributed by atoms with Gasteiger partial charge in [-0.15, -0.1) is 28.2 Å². The molecule has 0 aliphatic rings. The van der Waals surface area contributed by atoms with E-state index in [1.807, 2.05) is 17.8 Å². The minimum atomic E-state index is -0.209. The van der Waals surface area contributed by atoms with Crippen molar-refractivity contribution in [2.24, 2.45) is 16.1 Å². The van der Waals surface area contributed by atoms with Crippen LogP contribution in [0.25, 0.3) is 11.1 Å². The van der Waals surface area contributed by atoms with E-state index in [1.165, 1.54) is 48.9 Å². The fraction of sp³-hybridized carbons (Fsp3) is 0.400. The molecule has 38 heavy (non-hydrogen) atoms. The molecule has 3 rings (SSSR count). The number of hydrazone groups is 1. The number of nitrogens with two attached hydrogens (primary N) is 1.